The van der Waals surface area contributed by atoms with Crippen molar-refractivity contribution in [2.45, 2.75) is 0 Å². The van der Waals surface area contributed by atoms with Crippen LogP contribution in [0.25, 0.3) is 16.8 Å². The van der Waals surface area contributed by atoms with Gasteiger partial charge >= 0.3 is 0 Å². The molecule has 0 radical (unpaired) electrons. The smallest absolute Gasteiger partial charge is 0.256 e. The number of likely N-dealkylation sites (tertiary alicyclic amines) is 1. The maximum Gasteiger partial charge on any atom is 0.256 e. The Balaban J connectivity index is 1.11. The average Bonchev–Trinajstić information content (AvgIpc) is 3.66. The zero-order chi connectivity index (χ0) is 24.6. The maximum absolute atomic E-state index is 13.4. The van der Waals surface area contributed by atoms with Crippen molar-refractivity contribution < 1.29 is 9.59 Å². The molecule has 0 bridgehead atoms. The van der Waals surface area contributed by atoms with Gasteiger partial charge in [0.2, 0.25) is 11.9 Å². The van der Waals surface area contributed by atoms with E-state index >= 15 is 0 Å². The predicted molar refractivity (Wildman–Crippen MR) is 132 cm³/mol. The minimum atomic E-state index is -0.452. The van der Waals surface area contributed by atoms with E-state index in [0.717, 1.165) is 24.2 Å². The zero-order valence-electron chi connectivity index (χ0n) is 19.4. The number of benzene rings is 2. The Labute approximate surface area is 207 Å². The summed E-state index contributed by atoms with van der Waals surface area (Å²) in [6, 6.07) is 14.5. The lowest BCUT2D eigenvalue weighted by atomic mass is 10.0. The monoisotopic (exact) mass is 480 g/mol. The van der Waals surface area contributed by atoms with Gasteiger partial charge in [0.05, 0.1) is 23.6 Å². The summed E-state index contributed by atoms with van der Waals surface area (Å²) in [5, 5.41) is 8.38. The molecule has 180 valence electrons. The number of para-hydroxylation sites is 1. The SMILES string of the molecule is NC(=O)c1ccc(-c2cnc(N3CC4CN(C(=O)c5ccccc5-n5nccn5)CC4C3)nc2)cc1. The number of aromatic nitrogens is 5. The van der Waals surface area contributed by atoms with Crippen molar-refractivity contribution in [3.8, 4) is 16.8 Å². The summed E-state index contributed by atoms with van der Waals surface area (Å²) in [5.74, 6) is 0.982. The van der Waals surface area contributed by atoms with E-state index in [1.807, 2.05) is 41.3 Å². The number of fused-ring (bicyclic) bond motifs is 1. The number of rotatable bonds is 5. The van der Waals surface area contributed by atoms with Crippen LogP contribution in [0.4, 0.5) is 5.95 Å². The highest BCUT2D eigenvalue weighted by Gasteiger charge is 2.42. The second kappa shape index (κ2) is 8.88. The first-order valence-electron chi connectivity index (χ1n) is 11.8. The van der Waals surface area contributed by atoms with E-state index in [2.05, 4.69) is 25.1 Å². The Hall–Kier alpha value is -4.60. The van der Waals surface area contributed by atoms with Crippen molar-refractivity contribution >= 4 is 17.8 Å². The molecule has 4 aromatic rings. The van der Waals surface area contributed by atoms with Crippen LogP contribution in [0.5, 0.6) is 0 Å². The molecular formula is C26H24N8O2. The highest BCUT2D eigenvalue weighted by molar-refractivity contribution is 5.98. The van der Waals surface area contributed by atoms with E-state index in [-0.39, 0.29) is 5.91 Å². The molecule has 6 rings (SSSR count). The van der Waals surface area contributed by atoms with Gasteiger partial charge in [-0.25, -0.2) is 9.97 Å². The first kappa shape index (κ1) is 21.9. The molecule has 0 saturated carbocycles. The van der Waals surface area contributed by atoms with Crippen LogP contribution < -0.4 is 10.6 Å². The Kier molecular flexibility index (Phi) is 5.40. The second-order valence-corrected chi connectivity index (χ2v) is 9.18. The van der Waals surface area contributed by atoms with E-state index in [1.54, 1.807) is 36.9 Å². The number of carbonyl (C=O) groups is 2. The summed E-state index contributed by atoms with van der Waals surface area (Å²) in [6.45, 7) is 3.02. The third kappa shape index (κ3) is 3.96. The molecule has 2 atom stereocenters. The fourth-order valence-electron chi connectivity index (χ4n) is 5.12. The van der Waals surface area contributed by atoms with Crippen LogP contribution in [-0.2, 0) is 0 Å². The Morgan fingerprint density at radius 1 is 0.806 bits per heavy atom. The van der Waals surface area contributed by atoms with Crippen molar-refractivity contribution in [1.82, 2.24) is 29.9 Å². The van der Waals surface area contributed by atoms with Crippen LogP contribution >= 0.6 is 0 Å². The van der Waals surface area contributed by atoms with E-state index in [4.69, 9.17) is 5.73 Å². The lowest BCUT2D eigenvalue weighted by molar-refractivity contribution is 0.0782. The van der Waals surface area contributed by atoms with Crippen LogP contribution in [0.2, 0.25) is 0 Å². The Morgan fingerprint density at radius 3 is 2.08 bits per heavy atom. The van der Waals surface area contributed by atoms with E-state index < -0.39 is 5.91 Å². The van der Waals surface area contributed by atoms with E-state index in [9.17, 15) is 9.59 Å². The number of nitrogens with two attached hydrogens (primary N) is 1. The van der Waals surface area contributed by atoms with Crippen LogP contribution in [-0.4, -0.2) is 67.9 Å². The van der Waals surface area contributed by atoms with Gasteiger partial charge in [-0.3, -0.25) is 9.59 Å². The molecule has 10 nitrogen and oxygen atoms in total. The number of primary amides is 1. The van der Waals surface area contributed by atoms with Gasteiger partial charge in [0.15, 0.2) is 0 Å². The molecule has 2 aliphatic rings. The largest absolute Gasteiger partial charge is 0.366 e. The Morgan fingerprint density at radius 2 is 1.44 bits per heavy atom. The quantitative estimate of drug-likeness (QED) is 0.464. The second-order valence-electron chi connectivity index (χ2n) is 9.18. The van der Waals surface area contributed by atoms with Gasteiger partial charge in [-0.15, -0.1) is 0 Å². The maximum atomic E-state index is 13.4. The normalized spacial score (nSPS) is 18.9. The van der Waals surface area contributed by atoms with Gasteiger partial charge in [0, 0.05) is 61.5 Å². The molecule has 2 saturated heterocycles. The third-order valence-corrected chi connectivity index (χ3v) is 6.97. The topological polar surface area (TPSA) is 123 Å². The van der Waals surface area contributed by atoms with Gasteiger partial charge in [-0.1, -0.05) is 24.3 Å². The number of nitrogens with zero attached hydrogens (tertiary/aromatic N) is 7. The number of hydrogen-bond donors (Lipinski definition) is 1. The minimum Gasteiger partial charge on any atom is -0.366 e. The molecule has 0 aliphatic carbocycles. The molecule has 2 aromatic carbocycles. The number of hydrogen-bond acceptors (Lipinski definition) is 7. The van der Waals surface area contributed by atoms with Crippen molar-refractivity contribution in [3.05, 3.63) is 84.4 Å². The third-order valence-electron chi connectivity index (χ3n) is 6.97. The summed E-state index contributed by atoms with van der Waals surface area (Å²) in [4.78, 5) is 39.4. The Bertz CT molecular complexity index is 1390. The van der Waals surface area contributed by atoms with Gasteiger partial charge < -0.3 is 15.5 Å². The lowest BCUT2D eigenvalue weighted by Gasteiger charge is -2.22. The van der Waals surface area contributed by atoms with Gasteiger partial charge in [0.25, 0.3) is 5.91 Å². The highest BCUT2D eigenvalue weighted by atomic mass is 16.2. The van der Waals surface area contributed by atoms with Crippen molar-refractivity contribution in [2.24, 2.45) is 17.6 Å². The summed E-state index contributed by atoms with van der Waals surface area (Å²) in [5.41, 5.74) is 8.86. The summed E-state index contributed by atoms with van der Waals surface area (Å²) < 4.78 is 0. The summed E-state index contributed by atoms with van der Waals surface area (Å²) in [7, 11) is 0. The number of anilines is 1. The van der Waals surface area contributed by atoms with E-state index in [0.29, 0.717) is 47.7 Å². The molecule has 10 heteroatoms. The van der Waals surface area contributed by atoms with Gasteiger partial charge in [-0.05, 0) is 29.8 Å². The predicted octanol–water partition coefficient (Wildman–Crippen LogP) is 2.03. The first-order valence-corrected chi connectivity index (χ1v) is 11.8. The fraction of sp³-hybridized carbons (Fsp3) is 0.231. The number of amides is 2. The molecule has 2 aliphatic heterocycles. The molecule has 36 heavy (non-hydrogen) atoms. The summed E-state index contributed by atoms with van der Waals surface area (Å²) >= 11 is 0. The molecule has 2 unspecified atom stereocenters. The lowest BCUT2D eigenvalue weighted by Crippen LogP contribution is -2.34. The van der Waals surface area contributed by atoms with Crippen LogP contribution in [0, 0.1) is 11.8 Å². The van der Waals surface area contributed by atoms with E-state index in [1.165, 1.54) is 4.80 Å². The molecule has 2 amide bonds. The zero-order valence-corrected chi connectivity index (χ0v) is 19.4. The average molecular weight is 481 g/mol. The van der Waals surface area contributed by atoms with Crippen LogP contribution in [0.1, 0.15) is 20.7 Å². The fourth-order valence-corrected chi connectivity index (χ4v) is 5.12. The molecular weight excluding hydrogens is 456 g/mol. The van der Waals surface area contributed by atoms with Gasteiger partial charge in [0.1, 0.15) is 0 Å². The minimum absolute atomic E-state index is 0.00630. The standard InChI is InChI=1S/C26H24N8O2/c27-24(35)18-7-5-17(6-8-18)19-11-28-26(29-12-19)33-15-20-13-32(14-21(20)16-33)25(36)22-3-1-2-4-23(22)34-30-9-10-31-34/h1-12,20-21H,13-16H2,(H2,27,35). The number of carbonyl (C=O) groups excluding carboxylic acids is 2. The molecule has 2 fully saturated rings. The molecule has 4 heterocycles. The molecule has 0 spiro atoms. The highest BCUT2D eigenvalue weighted by Crippen LogP contribution is 2.34. The van der Waals surface area contributed by atoms with Crippen molar-refractivity contribution in [2.75, 3.05) is 31.1 Å². The van der Waals surface area contributed by atoms with Crippen LogP contribution in [0.3, 0.4) is 0 Å². The molecule has 2 N–H and O–H groups in total. The van der Waals surface area contributed by atoms with Gasteiger partial charge in [-0.2, -0.15) is 15.0 Å². The van der Waals surface area contributed by atoms with Crippen molar-refractivity contribution in [1.29, 1.82) is 0 Å². The summed E-state index contributed by atoms with van der Waals surface area (Å²) in [6.07, 6.45) is 6.80. The van der Waals surface area contributed by atoms with Crippen molar-refractivity contribution in [3.63, 3.8) is 0 Å². The first-order chi connectivity index (χ1) is 17.6. The van der Waals surface area contributed by atoms with Crippen LogP contribution in [0.15, 0.2) is 73.3 Å². The molecule has 2 aromatic heterocycles.